The fourth-order valence-corrected chi connectivity index (χ4v) is 4.59. The van der Waals surface area contributed by atoms with Gasteiger partial charge in [0.05, 0.1) is 6.04 Å². The molecule has 0 aromatic rings. The summed E-state index contributed by atoms with van der Waals surface area (Å²) in [5, 5.41) is 6.09. The molecule has 3 rings (SSSR count). The van der Waals surface area contributed by atoms with Crippen LogP contribution in [0.2, 0.25) is 0 Å². The first-order chi connectivity index (χ1) is 24.0. The monoisotopic (exact) mass is 537 g/mol. The summed E-state index contributed by atoms with van der Waals surface area (Å²) in [7, 11) is 0. The molecule has 0 radical (unpaired) electrons. The summed E-state index contributed by atoms with van der Waals surface area (Å²) in [5.41, 5.74) is -0.800. The lowest BCUT2D eigenvalue weighted by molar-refractivity contribution is -0.145. The van der Waals surface area contributed by atoms with Crippen LogP contribution in [0.15, 0.2) is 0 Å². The summed E-state index contributed by atoms with van der Waals surface area (Å²) in [6, 6.07) is -8.56. The Morgan fingerprint density at radius 3 is 2.43 bits per heavy atom. The highest BCUT2D eigenvalue weighted by molar-refractivity contribution is 6.37. The van der Waals surface area contributed by atoms with Gasteiger partial charge in [-0.05, 0) is 55.6 Å². The Hall–Kier alpha value is -2.65. The van der Waals surface area contributed by atoms with Gasteiger partial charge in [-0.25, -0.2) is 4.79 Å². The highest BCUT2D eigenvalue weighted by Crippen LogP contribution is 2.65. The predicted octanol–water partition coefficient (Wildman–Crippen LogP) is 1.71. The van der Waals surface area contributed by atoms with Gasteiger partial charge in [-0.1, -0.05) is 53.6 Å². The molecule has 2 unspecified atom stereocenters. The summed E-state index contributed by atoms with van der Waals surface area (Å²) in [5.74, 6) is -13.2. The number of urea groups is 1. The number of amides is 5. The maximum Gasteiger partial charge on any atom is 0.315 e. The van der Waals surface area contributed by atoms with Crippen LogP contribution in [0.25, 0.3) is 0 Å². The first-order valence-corrected chi connectivity index (χ1v) is 11.5. The largest absolute Gasteiger partial charge is 0.363 e. The van der Waals surface area contributed by atoms with Gasteiger partial charge in [0.15, 0.2) is 0 Å². The Morgan fingerprint density at radius 2 is 1.86 bits per heavy atom. The number of Topliss-reactive ketones (excluding diaryl/α,β-unsaturated/α-hetero) is 1. The topological polar surface area (TPSA) is 151 Å². The number of likely N-dealkylation sites (tertiary alicyclic amines) is 1. The fraction of sp³-hybridized carbons (Fsp3) is 0.815. The summed E-state index contributed by atoms with van der Waals surface area (Å²) >= 11 is 0. The second kappa shape index (κ2) is 9.91. The normalized spacial score (nSPS) is 42.4. The number of nitrogens with zero attached hydrogens (tertiary/aromatic N) is 1. The molecular weight excluding hydrogens is 474 g/mol. The summed E-state index contributed by atoms with van der Waals surface area (Å²) < 4.78 is 146. The molecule has 6 atom stereocenters. The Labute approximate surface area is 245 Å². The van der Waals surface area contributed by atoms with Gasteiger partial charge in [-0.2, -0.15) is 0 Å². The number of nitrogens with two attached hydrogens (primary N) is 1. The second-order valence-electron chi connectivity index (χ2n) is 10.8. The fourth-order valence-electron chi connectivity index (χ4n) is 4.59. The van der Waals surface area contributed by atoms with Crippen LogP contribution in [0, 0.1) is 28.6 Å². The summed E-state index contributed by atoms with van der Waals surface area (Å²) in [4.78, 5) is 68.0. The number of ketones is 1. The molecule has 0 spiro atoms. The standard InChI is InChI=1S/C27H45N5O5/c1-25(2,3)20(30-24(37)31-26(4,5)6)23(36)32-13-15-17(27(15,7)8)18(32)22(35)29-16(19(33)21(28)34)12-14-10-9-11-14/h14-18,20H,9-13H2,1-8H3,(H2,28,34)(H,29,35)(H2,30,31,37)/t15-,16?,17-,18-,20+/m0/s1/i1D3,4D3,7D3,9D2,10D2,11D2,12D2,14D/t15-,16?,17-,18-,20+,27?. The third-order valence-corrected chi connectivity index (χ3v) is 6.53. The number of hydrogen-bond acceptors (Lipinski definition) is 5. The minimum Gasteiger partial charge on any atom is -0.363 e. The van der Waals surface area contributed by atoms with E-state index in [0.717, 1.165) is 27.7 Å². The number of carbonyl (C=O) groups excluding carboxylic acids is 5. The van der Waals surface area contributed by atoms with Crippen molar-refractivity contribution < 1.29 is 48.6 Å². The van der Waals surface area contributed by atoms with Gasteiger partial charge < -0.3 is 26.6 Å². The summed E-state index contributed by atoms with van der Waals surface area (Å²) in [6.45, 7) is -3.75. The molecule has 37 heavy (non-hydrogen) atoms. The highest BCUT2D eigenvalue weighted by atomic mass is 16.2. The first kappa shape index (κ1) is 12.9. The molecule has 3 aliphatic rings. The van der Waals surface area contributed by atoms with E-state index in [1.807, 2.05) is 0 Å². The number of piperidine rings is 1. The van der Waals surface area contributed by atoms with Crippen molar-refractivity contribution in [3.8, 4) is 0 Å². The van der Waals surface area contributed by atoms with Crippen LogP contribution >= 0.6 is 0 Å². The highest BCUT2D eigenvalue weighted by Gasteiger charge is 2.70. The van der Waals surface area contributed by atoms with Gasteiger partial charge in [0.25, 0.3) is 5.91 Å². The quantitative estimate of drug-likeness (QED) is 0.348. The zero-order chi connectivity index (χ0) is 43.7. The average molecular weight is 538 g/mol. The Kier molecular flexibility index (Phi) is 3.46. The van der Waals surface area contributed by atoms with Gasteiger partial charge in [-0.3, -0.25) is 19.2 Å². The van der Waals surface area contributed by atoms with Gasteiger partial charge in [0, 0.05) is 36.8 Å². The molecule has 1 heterocycles. The van der Waals surface area contributed by atoms with Crippen molar-refractivity contribution in [2.75, 3.05) is 6.54 Å². The van der Waals surface area contributed by atoms with Crippen LogP contribution in [-0.2, 0) is 19.2 Å². The van der Waals surface area contributed by atoms with Crippen LogP contribution in [0.3, 0.4) is 0 Å². The predicted molar refractivity (Wildman–Crippen MR) is 139 cm³/mol. The molecule has 10 heteroatoms. The lowest BCUT2D eigenvalue weighted by Gasteiger charge is -2.38. The second-order valence-corrected chi connectivity index (χ2v) is 10.8. The molecular formula is C27H45N5O5. The SMILES string of the molecule is [2H]C([2H])([2H])C(C)(C)NC(=O)N[C@H](C(=O)N1C[C@H]2[C@@H]([C@H]1C(=O)NC(C(=O)C(N)=O)C([2H])([2H])C1([2H])C([2H])([2H])C([2H])([2H])C1([2H])[2H])C2(C)C([2H])([2H])[2H])C(C)(C)C([2H])([2H])[2H]. The number of primary amides is 1. The van der Waals surface area contributed by atoms with Gasteiger partial charge in [-0.15, -0.1) is 0 Å². The van der Waals surface area contributed by atoms with Crippen molar-refractivity contribution in [3.05, 3.63) is 0 Å². The number of fused-ring (bicyclic) bond motifs is 1. The van der Waals surface area contributed by atoms with Crippen molar-refractivity contribution >= 4 is 29.5 Å². The third kappa shape index (κ3) is 6.26. The van der Waals surface area contributed by atoms with Crippen LogP contribution < -0.4 is 21.7 Å². The lowest BCUT2D eigenvalue weighted by atomic mass is 9.80. The molecule has 1 saturated heterocycles. The van der Waals surface area contributed by atoms with E-state index < -0.39 is 134 Å². The van der Waals surface area contributed by atoms with E-state index in [2.05, 4.69) is 10.6 Å². The zero-order valence-corrected chi connectivity index (χ0v) is 21.2. The van der Waals surface area contributed by atoms with Gasteiger partial charge >= 0.3 is 6.03 Å². The van der Waals surface area contributed by atoms with Crippen molar-refractivity contribution in [1.29, 1.82) is 0 Å². The number of rotatable bonds is 8. The Balaban J connectivity index is 2.18. The van der Waals surface area contributed by atoms with Crippen LogP contribution in [0.4, 0.5) is 4.79 Å². The molecule has 0 bridgehead atoms. The molecule has 2 aliphatic carbocycles. The van der Waals surface area contributed by atoms with E-state index >= 15 is 0 Å². The maximum atomic E-state index is 14.5. The minimum atomic E-state index is -4.00. The zero-order valence-electron chi connectivity index (χ0n) is 39.2. The van der Waals surface area contributed by atoms with E-state index in [1.165, 1.54) is 6.92 Å². The lowest BCUT2D eigenvalue weighted by Crippen LogP contribution is -2.62. The molecule has 0 aromatic heterocycles. The maximum absolute atomic E-state index is 14.5. The van der Waals surface area contributed by atoms with Crippen molar-refractivity contribution in [3.63, 3.8) is 0 Å². The molecule has 5 N–H and O–H groups in total. The first-order valence-electron chi connectivity index (χ1n) is 20.5. The number of hydrogen-bond donors (Lipinski definition) is 4. The molecule has 5 amide bonds. The smallest absolute Gasteiger partial charge is 0.315 e. The molecule has 3 fully saturated rings. The molecule has 208 valence electrons. The van der Waals surface area contributed by atoms with Crippen molar-refractivity contribution in [2.24, 2.45) is 34.3 Å². The van der Waals surface area contributed by atoms with E-state index in [9.17, 15) is 24.0 Å². The van der Waals surface area contributed by atoms with Crippen LogP contribution in [-0.4, -0.2) is 64.6 Å². The van der Waals surface area contributed by atoms with Crippen molar-refractivity contribution in [2.45, 2.75) is 104 Å². The molecule has 0 aromatic carbocycles. The van der Waals surface area contributed by atoms with E-state index in [-0.39, 0.29) is 0 Å². The van der Waals surface area contributed by atoms with Gasteiger partial charge in [0.2, 0.25) is 17.6 Å². The van der Waals surface area contributed by atoms with E-state index in [4.69, 9.17) is 30.4 Å². The summed E-state index contributed by atoms with van der Waals surface area (Å²) in [6.07, 6.45) is -15.0. The number of nitrogens with one attached hydrogen (secondary N) is 3. The molecule has 1 aliphatic heterocycles. The Bertz CT molecular complexity index is 1620. The third-order valence-electron chi connectivity index (χ3n) is 6.53. The number of carbonyl (C=O) groups is 5. The average Bonchev–Trinajstić information content (AvgIpc) is 3.36. The van der Waals surface area contributed by atoms with Crippen LogP contribution in [0.1, 0.15) is 105 Å². The minimum absolute atomic E-state index is 0.608. The Morgan fingerprint density at radius 1 is 1.19 bits per heavy atom. The van der Waals surface area contributed by atoms with Crippen molar-refractivity contribution in [1.82, 2.24) is 20.9 Å². The van der Waals surface area contributed by atoms with E-state index in [1.54, 1.807) is 5.32 Å². The molecule has 10 nitrogen and oxygen atoms in total. The van der Waals surface area contributed by atoms with Gasteiger partial charge in [0.1, 0.15) is 12.1 Å². The van der Waals surface area contributed by atoms with Crippen LogP contribution in [0.5, 0.6) is 0 Å². The molecule has 2 saturated carbocycles. The van der Waals surface area contributed by atoms with E-state index in [0.29, 0.717) is 4.90 Å².